The predicted molar refractivity (Wildman–Crippen MR) is 71.9 cm³/mol. The molecule has 1 N–H and O–H groups in total. The molecule has 0 amide bonds. The van der Waals surface area contributed by atoms with Gasteiger partial charge in [0.2, 0.25) is 0 Å². The lowest BCUT2D eigenvalue weighted by Gasteiger charge is -2.29. The third kappa shape index (κ3) is 2.02. The molecule has 18 heavy (non-hydrogen) atoms. The standard InChI is InChI=1S/C15H14ClNO/c16-13-9-7-11-6-8-12(18)14(15(11)17-13)10-4-2-1-3-5-10/h1-5,7,9,12,14,18H,6,8H2/t12-,14+/m1/s1. The lowest BCUT2D eigenvalue weighted by molar-refractivity contribution is 0.138. The van der Waals surface area contributed by atoms with Crippen molar-refractivity contribution < 1.29 is 5.11 Å². The van der Waals surface area contributed by atoms with Crippen molar-refractivity contribution in [3.63, 3.8) is 0 Å². The normalized spacial score (nSPS) is 22.6. The third-order valence-electron chi connectivity index (χ3n) is 3.53. The van der Waals surface area contributed by atoms with Gasteiger partial charge in [-0.2, -0.15) is 0 Å². The van der Waals surface area contributed by atoms with Gasteiger partial charge in [0.25, 0.3) is 0 Å². The summed E-state index contributed by atoms with van der Waals surface area (Å²) in [6.07, 6.45) is 1.26. The van der Waals surface area contributed by atoms with Gasteiger partial charge in [-0.25, -0.2) is 4.98 Å². The Balaban J connectivity index is 2.12. The number of aliphatic hydroxyl groups is 1. The maximum Gasteiger partial charge on any atom is 0.129 e. The van der Waals surface area contributed by atoms with Crippen LogP contribution in [0, 0.1) is 0 Å². The quantitative estimate of drug-likeness (QED) is 0.798. The minimum atomic E-state index is -0.383. The van der Waals surface area contributed by atoms with Crippen molar-refractivity contribution in [2.45, 2.75) is 24.9 Å². The summed E-state index contributed by atoms with van der Waals surface area (Å²) in [5.41, 5.74) is 3.21. The van der Waals surface area contributed by atoms with Gasteiger partial charge in [0.05, 0.1) is 17.7 Å². The largest absolute Gasteiger partial charge is 0.392 e. The Kier molecular flexibility index (Phi) is 3.06. The van der Waals surface area contributed by atoms with Gasteiger partial charge in [-0.05, 0) is 30.0 Å². The minimum absolute atomic E-state index is 0.0614. The zero-order valence-corrected chi connectivity index (χ0v) is 10.6. The Morgan fingerprint density at radius 2 is 1.89 bits per heavy atom. The highest BCUT2D eigenvalue weighted by Crippen LogP contribution is 2.36. The first-order chi connectivity index (χ1) is 8.75. The number of aromatic nitrogens is 1. The molecule has 2 atom stereocenters. The molecule has 0 saturated carbocycles. The molecule has 1 aromatic carbocycles. The summed E-state index contributed by atoms with van der Waals surface area (Å²) in [4.78, 5) is 4.43. The van der Waals surface area contributed by atoms with Crippen molar-refractivity contribution in [3.8, 4) is 0 Å². The molecule has 0 aliphatic heterocycles. The zero-order valence-electron chi connectivity index (χ0n) is 9.88. The number of nitrogens with zero attached hydrogens (tertiary/aromatic N) is 1. The van der Waals surface area contributed by atoms with Crippen molar-refractivity contribution in [1.29, 1.82) is 0 Å². The van der Waals surface area contributed by atoms with Crippen LogP contribution < -0.4 is 0 Å². The second-order valence-electron chi connectivity index (χ2n) is 4.67. The van der Waals surface area contributed by atoms with Crippen LogP contribution in [0.15, 0.2) is 42.5 Å². The van der Waals surface area contributed by atoms with E-state index in [1.54, 1.807) is 0 Å². The molecule has 0 unspecified atom stereocenters. The fourth-order valence-electron chi connectivity index (χ4n) is 2.65. The van der Waals surface area contributed by atoms with Crippen molar-refractivity contribution in [1.82, 2.24) is 4.98 Å². The number of fused-ring (bicyclic) bond motifs is 1. The van der Waals surface area contributed by atoms with Crippen LogP contribution in [0.3, 0.4) is 0 Å². The zero-order chi connectivity index (χ0) is 12.5. The molecule has 1 heterocycles. The van der Waals surface area contributed by atoms with Gasteiger partial charge < -0.3 is 5.11 Å². The van der Waals surface area contributed by atoms with E-state index in [0.29, 0.717) is 5.15 Å². The fraction of sp³-hybridized carbons (Fsp3) is 0.267. The second kappa shape index (κ2) is 4.71. The molecule has 2 nitrogen and oxygen atoms in total. The van der Waals surface area contributed by atoms with Gasteiger partial charge >= 0.3 is 0 Å². The molecule has 1 aromatic heterocycles. The molecule has 0 bridgehead atoms. The highest BCUT2D eigenvalue weighted by atomic mass is 35.5. The summed E-state index contributed by atoms with van der Waals surface area (Å²) in [5, 5.41) is 10.8. The predicted octanol–water partition coefficient (Wildman–Crippen LogP) is 3.17. The molecular weight excluding hydrogens is 246 g/mol. The van der Waals surface area contributed by atoms with Crippen LogP contribution in [0.1, 0.15) is 29.2 Å². The molecule has 1 aliphatic carbocycles. The monoisotopic (exact) mass is 259 g/mol. The van der Waals surface area contributed by atoms with Gasteiger partial charge in [-0.15, -0.1) is 0 Å². The average molecular weight is 260 g/mol. The Morgan fingerprint density at radius 1 is 1.11 bits per heavy atom. The van der Waals surface area contributed by atoms with E-state index < -0.39 is 0 Å². The minimum Gasteiger partial charge on any atom is -0.392 e. The number of rotatable bonds is 1. The summed E-state index contributed by atoms with van der Waals surface area (Å²) in [5.74, 6) is -0.0614. The molecule has 1 aliphatic rings. The molecule has 0 spiro atoms. The first-order valence-electron chi connectivity index (χ1n) is 6.14. The Hall–Kier alpha value is -1.38. The first kappa shape index (κ1) is 11.7. The van der Waals surface area contributed by atoms with Crippen molar-refractivity contribution in [2.24, 2.45) is 0 Å². The van der Waals surface area contributed by atoms with Gasteiger partial charge in [-0.3, -0.25) is 0 Å². The van der Waals surface area contributed by atoms with E-state index in [-0.39, 0.29) is 12.0 Å². The second-order valence-corrected chi connectivity index (χ2v) is 5.06. The summed E-state index contributed by atoms with van der Waals surface area (Å²) in [6, 6.07) is 13.9. The van der Waals surface area contributed by atoms with Crippen LogP contribution in [0.2, 0.25) is 5.15 Å². The van der Waals surface area contributed by atoms with E-state index in [9.17, 15) is 5.11 Å². The van der Waals surface area contributed by atoms with Crippen molar-refractivity contribution >= 4 is 11.6 Å². The molecule has 0 fully saturated rings. The molecule has 3 heteroatoms. The molecule has 3 rings (SSSR count). The van der Waals surface area contributed by atoms with Gasteiger partial charge in [0, 0.05) is 0 Å². The first-order valence-corrected chi connectivity index (χ1v) is 6.52. The van der Waals surface area contributed by atoms with Crippen LogP contribution in [0.25, 0.3) is 0 Å². The van der Waals surface area contributed by atoms with Crippen molar-refractivity contribution in [3.05, 3.63) is 64.4 Å². The SMILES string of the molecule is O[C@@H]1CCc2ccc(Cl)nc2[C@H]1c1ccccc1. The Morgan fingerprint density at radius 3 is 2.67 bits per heavy atom. The van der Waals surface area contributed by atoms with Gasteiger partial charge in [0.15, 0.2) is 0 Å². The number of aryl methyl sites for hydroxylation is 1. The molecule has 92 valence electrons. The van der Waals surface area contributed by atoms with E-state index in [0.717, 1.165) is 24.1 Å². The van der Waals surface area contributed by atoms with Crippen LogP contribution in [-0.4, -0.2) is 16.2 Å². The van der Waals surface area contributed by atoms with E-state index in [4.69, 9.17) is 11.6 Å². The summed E-state index contributed by atoms with van der Waals surface area (Å²) >= 11 is 5.98. The highest BCUT2D eigenvalue weighted by Gasteiger charge is 2.30. The van der Waals surface area contributed by atoms with Crippen LogP contribution >= 0.6 is 11.6 Å². The number of hydrogen-bond acceptors (Lipinski definition) is 2. The number of pyridine rings is 1. The third-order valence-corrected chi connectivity index (χ3v) is 3.74. The fourth-order valence-corrected chi connectivity index (χ4v) is 2.81. The highest BCUT2D eigenvalue weighted by molar-refractivity contribution is 6.29. The molecule has 0 radical (unpaired) electrons. The van der Waals surface area contributed by atoms with E-state index in [1.807, 2.05) is 42.5 Å². The van der Waals surface area contributed by atoms with E-state index in [2.05, 4.69) is 4.98 Å². The summed E-state index contributed by atoms with van der Waals surface area (Å²) in [7, 11) is 0. The average Bonchev–Trinajstić information content (AvgIpc) is 2.39. The topological polar surface area (TPSA) is 33.1 Å². The van der Waals surface area contributed by atoms with Gasteiger partial charge in [-0.1, -0.05) is 48.0 Å². The smallest absolute Gasteiger partial charge is 0.129 e. The maximum atomic E-state index is 10.3. The van der Waals surface area contributed by atoms with Gasteiger partial charge in [0.1, 0.15) is 5.15 Å². The molecule has 0 saturated heterocycles. The lowest BCUT2D eigenvalue weighted by Crippen LogP contribution is -2.27. The Labute approximate surface area is 111 Å². The van der Waals surface area contributed by atoms with Crippen LogP contribution in [0.4, 0.5) is 0 Å². The molecular formula is C15H14ClNO. The number of aliphatic hydroxyl groups excluding tert-OH is 1. The number of benzene rings is 1. The van der Waals surface area contributed by atoms with Crippen molar-refractivity contribution in [2.75, 3.05) is 0 Å². The maximum absolute atomic E-state index is 10.3. The lowest BCUT2D eigenvalue weighted by atomic mass is 9.80. The number of halogens is 1. The number of hydrogen-bond donors (Lipinski definition) is 1. The van der Waals surface area contributed by atoms with Crippen LogP contribution in [0.5, 0.6) is 0 Å². The molecule has 2 aromatic rings. The van der Waals surface area contributed by atoms with E-state index >= 15 is 0 Å². The van der Waals surface area contributed by atoms with Crippen LogP contribution in [-0.2, 0) is 6.42 Å². The summed E-state index contributed by atoms with van der Waals surface area (Å²) in [6.45, 7) is 0. The Bertz CT molecular complexity index is 556. The summed E-state index contributed by atoms with van der Waals surface area (Å²) < 4.78 is 0. The van der Waals surface area contributed by atoms with E-state index in [1.165, 1.54) is 5.56 Å².